The van der Waals surface area contributed by atoms with Gasteiger partial charge in [0.05, 0.1) is 6.54 Å². The third-order valence-corrected chi connectivity index (χ3v) is 4.67. The van der Waals surface area contributed by atoms with E-state index in [4.69, 9.17) is 0 Å². The van der Waals surface area contributed by atoms with Crippen molar-refractivity contribution >= 4 is 17.7 Å². The number of nitrogens with zero attached hydrogens (tertiary/aromatic N) is 2. The minimum Gasteiger partial charge on any atom is -0.339 e. The van der Waals surface area contributed by atoms with Crippen LogP contribution < -0.4 is 5.32 Å². The molecule has 4 nitrogen and oxygen atoms in total. The quantitative estimate of drug-likeness (QED) is 0.786. The standard InChI is InChI=1S/C12H23N3OS/c1-14-4-6-15(7-5-14)12(16)10-13-11-2-8-17-9-3-11/h11,13H,2-10H2,1H3. The maximum Gasteiger partial charge on any atom is 0.236 e. The fourth-order valence-electron chi connectivity index (χ4n) is 2.30. The summed E-state index contributed by atoms with van der Waals surface area (Å²) in [5.74, 6) is 2.75. The molecule has 2 fully saturated rings. The van der Waals surface area contributed by atoms with Crippen molar-refractivity contribution in [1.29, 1.82) is 0 Å². The van der Waals surface area contributed by atoms with Gasteiger partial charge in [-0.2, -0.15) is 11.8 Å². The van der Waals surface area contributed by atoms with E-state index in [2.05, 4.69) is 17.3 Å². The molecule has 1 amide bonds. The fourth-order valence-corrected chi connectivity index (χ4v) is 3.41. The number of hydrogen-bond acceptors (Lipinski definition) is 4. The highest BCUT2D eigenvalue weighted by Crippen LogP contribution is 2.16. The first-order valence-electron chi connectivity index (χ1n) is 6.53. The molecule has 0 radical (unpaired) electrons. The highest BCUT2D eigenvalue weighted by molar-refractivity contribution is 7.99. The van der Waals surface area contributed by atoms with E-state index >= 15 is 0 Å². The molecule has 5 heteroatoms. The van der Waals surface area contributed by atoms with Crippen molar-refractivity contribution in [3.8, 4) is 0 Å². The highest BCUT2D eigenvalue weighted by Gasteiger charge is 2.20. The Balaban J connectivity index is 1.66. The summed E-state index contributed by atoms with van der Waals surface area (Å²) in [5, 5.41) is 3.41. The Morgan fingerprint density at radius 3 is 2.53 bits per heavy atom. The molecule has 0 aliphatic carbocycles. The van der Waals surface area contributed by atoms with Crippen molar-refractivity contribution in [2.75, 3.05) is 51.3 Å². The van der Waals surface area contributed by atoms with Gasteiger partial charge < -0.3 is 15.1 Å². The van der Waals surface area contributed by atoms with Crippen LogP contribution in [-0.4, -0.2) is 73.0 Å². The van der Waals surface area contributed by atoms with Crippen LogP contribution in [0.5, 0.6) is 0 Å². The number of amides is 1. The molecule has 0 aromatic carbocycles. The lowest BCUT2D eigenvalue weighted by molar-refractivity contribution is -0.131. The molecule has 17 heavy (non-hydrogen) atoms. The summed E-state index contributed by atoms with van der Waals surface area (Å²) in [6.07, 6.45) is 2.42. The van der Waals surface area contributed by atoms with E-state index in [-0.39, 0.29) is 5.91 Å². The summed E-state index contributed by atoms with van der Waals surface area (Å²) in [7, 11) is 2.11. The molecule has 98 valence electrons. The number of likely N-dealkylation sites (N-methyl/N-ethyl adjacent to an activating group) is 1. The number of carbonyl (C=O) groups excluding carboxylic acids is 1. The molecule has 2 aliphatic rings. The molecule has 2 rings (SSSR count). The van der Waals surface area contributed by atoms with Crippen LogP contribution in [0.1, 0.15) is 12.8 Å². The zero-order chi connectivity index (χ0) is 12.1. The van der Waals surface area contributed by atoms with Gasteiger partial charge >= 0.3 is 0 Å². The number of piperazine rings is 1. The Labute approximate surface area is 108 Å². The van der Waals surface area contributed by atoms with Gasteiger partial charge in [0.1, 0.15) is 0 Å². The van der Waals surface area contributed by atoms with Crippen molar-refractivity contribution in [3.63, 3.8) is 0 Å². The number of carbonyl (C=O) groups is 1. The SMILES string of the molecule is CN1CCN(C(=O)CNC2CCSCC2)CC1. The van der Waals surface area contributed by atoms with Crippen molar-refractivity contribution in [3.05, 3.63) is 0 Å². The van der Waals surface area contributed by atoms with E-state index in [1.165, 1.54) is 24.3 Å². The molecule has 2 aliphatic heterocycles. The van der Waals surface area contributed by atoms with Crippen LogP contribution in [-0.2, 0) is 4.79 Å². The smallest absolute Gasteiger partial charge is 0.236 e. The second-order valence-electron chi connectivity index (χ2n) is 4.95. The Bertz CT molecular complexity index is 248. The van der Waals surface area contributed by atoms with Gasteiger partial charge in [-0.25, -0.2) is 0 Å². The molecule has 0 unspecified atom stereocenters. The first kappa shape index (κ1) is 13.2. The monoisotopic (exact) mass is 257 g/mol. The van der Waals surface area contributed by atoms with Crippen LogP contribution >= 0.6 is 11.8 Å². The third kappa shape index (κ3) is 4.16. The van der Waals surface area contributed by atoms with Crippen molar-refractivity contribution < 1.29 is 4.79 Å². The van der Waals surface area contributed by atoms with Gasteiger partial charge in [-0.05, 0) is 31.4 Å². The lowest BCUT2D eigenvalue weighted by Gasteiger charge is -2.33. The van der Waals surface area contributed by atoms with Gasteiger partial charge in [0.25, 0.3) is 0 Å². The van der Waals surface area contributed by atoms with Gasteiger partial charge in [-0.15, -0.1) is 0 Å². The average molecular weight is 257 g/mol. The molecule has 0 spiro atoms. The Kier molecular flexibility index (Phi) is 5.13. The molecule has 0 atom stereocenters. The summed E-state index contributed by atoms with van der Waals surface area (Å²) >= 11 is 2.02. The van der Waals surface area contributed by atoms with Crippen LogP contribution in [0.25, 0.3) is 0 Å². The van der Waals surface area contributed by atoms with E-state index in [0.717, 1.165) is 26.2 Å². The average Bonchev–Trinajstić information content (AvgIpc) is 2.38. The van der Waals surface area contributed by atoms with E-state index < -0.39 is 0 Å². The number of nitrogens with one attached hydrogen (secondary N) is 1. The molecule has 0 saturated carbocycles. The Hall–Kier alpha value is -0.260. The first-order chi connectivity index (χ1) is 8.25. The van der Waals surface area contributed by atoms with Gasteiger partial charge in [0.15, 0.2) is 0 Å². The predicted octanol–water partition coefficient (Wildman–Crippen LogP) is 0.246. The van der Waals surface area contributed by atoms with Crippen LogP contribution in [0.15, 0.2) is 0 Å². The molecular formula is C12H23N3OS. The topological polar surface area (TPSA) is 35.6 Å². The minimum absolute atomic E-state index is 0.274. The van der Waals surface area contributed by atoms with Crippen molar-refractivity contribution in [1.82, 2.24) is 15.1 Å². The van der Waals surface area contributed by atoms with Gasteiger partial charge in [0.2, 0.25) is 5.91 Å². The number of thioether (sulfide) groups is 1. The van der Waals surface area contributed by atoms with E-state index in [1.807, 2.05) is 16.7 Å². The predicted molar refractivity (Wildman–Crippen MR) is 72.4 cm³/mol. The summed E-state index contributed by atoms with van der Waals surface area (Å²) in [5.41, 5.74) is 0. The molecule has 2 saturated heterocycles. The Morgan fingerprint density at radius 1 is 1.24 bits per heavy atom. The van der Waals surface area contributed by atoms with Crippen LogP contribution in [0.3, 0.4) is 0 Å². The Morgan fingerprint density at radius 2 is 1.88 bits per heavy atom. The first-order valence-corrected chi connectivity index (χ1v) is 7.68. The van der Waals surface area contributed by atoms with Gasteiger partial charge in [0, 0.05) is 32.2 Å². The molecular weight excluding hydrogens is 234 g/mol. The minimum atomic E-state index is 0.274. The van der Waals surface area contributed by atoms with Gasteiger partial charge in [-0.3, -0.25) is 4.79 Å². The summed E-state index contributed by atoms with van der Waals surface area (Å²) in [6, 6.07) is 0.563. The summed E-state index contributed by atoms with van der Waals surface area (Å²) in [4.78, 5) is 16.3. The lowest BCUT2D eigenvalue weighted by Crippen LogP contribution is -2.50. The van der Waals surface area contributed by atoms with Crippen molar-refractivity contribution in [2.45, 2.75) is 18.9 Å². The largest absolute Gasteiger partial charge is 0.339 e. The number of rotatable bonds is 3. The van der Waals surface area contributed by atoms with Crippen molar-refractivity contribution in [2.24, 2.45) is 0 Å². The van der Waals surface area contributed by atoms with E-state index in [9.17, 15) is 4.79 Å². The van der Waals surface area contributed by atoms with E-state index in [0.29, 0.717) is 12.6 Å². The molecule has 2 heterocycles. The van der Waals surface area contributed by atoms with Crippen LogP contribution in [0, 0.1) is 0 Å². The van der Waals surface area contributed by atoms with E-state index in [1.54, 1.807) is 0 Å². The second-order valence-corrected chi connectivity index (χ2v) is 6.18. The maximum atomic E-state index is 12.0. The zero-order valence-electron chi connectivity index (χ0n) is 10.7. The third-order valence-electron chi connectivity index (χ3n) is 3.62. The highest BCUT2D eigenvalue weighted by atomic mass is 32.2. The second kappa shape index (κ2) is 6.61. The van der Waals surface area contributed by atoms with Crippen LogP contribution in [0.4, 0.5) is 0 Å². The molecule has 0 bridgehead atoms. The summed E-state index contributed by atoms with van der Waals surface area (Å²) in [6.45, 7) is 4.31. The number of hydrogen-bond donors (Lipinski definition) is 1. The molecule has 1 N–H and O–H groups in total. The molecule has 0 aromatic heterocycles. The lowest BCUT2D eigenvalue weighted by atomic mass is 10.1. The maximum absolute atomic E-state index is 12.0. The normalized spacial score (nSPS) is 23.9. The summed E-state index contributed by atoms with van der Waals surface area (Å²) < 4.78 is 0. The fraction of sp³-hybridized carbons (Fsp3) is 0.917. The zero-order valence-corrected chi connectivity index (χ0v) is 11.5. The van der Waals surface area contributed by atoms with Gasteiger partial charge in [-0.1, -0.05) is 0 Å². The van der Waals surface area contributed by atoms with Crippen LogP contribution in [0.2, 0.25) is 0 Å². The molecule has 0 aromatic rings.